The van der Waals surface area contributed by atoms with Crippen LogP contribution in [0.25, 0.3) is 0 Å². The molecule has 0 saturated carbocycles. The Morgan fingerprint density at radius 1 is 1.50 bits per heavy atom. The molecule has 0 unspecified atom stereocenters. The smallest absolute Gasteiger partial charge is 0.145 e. The van der Waals surface area contributed by atoms with Gasteiger partial charge in [0.1, 0.15) is 11.1 Å². The molecule has 0 spiro atoms. The van der Waals surface area contributed by atoms with Crippen LogP contribution in [-0.4, -0.2) is 27.5 Å². The molecular weight excluding hydrogens is 222 g/mol. The van der Waals surface area contributed by atoms with E-state index in [4.69, 9.17) is 5.26 Å². The Hall–Kier alpha value is -1.25. The average Bonchev–Trinajstić information content (AvgIpc) is 2.39. The third-order valence-electron chi connectivity index (χ3n) is 2.67. The zero-order chi connectivity index (χ0) is 11.4. The van der Waals surface area contributed by atoms with Crippen LogP contribution < -0.4 is 5.32 Å². The summed E-state index contributed by atoms with van der Waals surface area (Å²) in [5.41, 5.74) is 0.430. The summed E-state index contributed by atoms with van der Waals surface area (Å²) in [6, 6.07) is 5.41. The number of nitrogens with zero attached hydrogens (tertiary/aromatic N) is 2. The summed E-state index contributed by atoms with van der Waals surface area (Å²) >= 11 is 0. The molecule has 2 heterocycles. The topological polar surface area (TPSA) is 65.8 Å². The molecule has 5 heteroatoms. The van der Waals surface area contributed by atoms with E-state index in [1.165, 1.54) is 0 Å². The fourth-order valence-electron chi connectivity index (χ4n) is 1.80. The molecule has 2 rings (SSSR count). The van der Waals surface area contributed by atoms with Crippen LogP contribution in [0.1, 0.15) is 18.4 Å². The number of nitriles is 1. The first kappa shape index (κ1) is 11.2. The number of rotatable bonds is 2. The Labute approximate surface area is 97.2 Å². The van der Waals surface area contributed by atoms with E-state index in [0.29, 0.717) is 10.6 Å². The largest absolute Gasteiger partial charge is 0.317 e. The van der Waals surface area contributed by atoms with Crippen molar-refractivity contribution in [3.63, 3.8) is 0 Å². The van der Waals surface area contributed by atoms with Gasteiger partial charge in [-0.15, -0.1) is 0 Å². The van der Waals surface area contributed by atoms with Gasteiger partial charge in [-0.1, -0.05) is 0 Å². The Kier molecular flexibility index (Phi) is 3.65. The standard InChI is InChI=1S/C11H13N3OS/c12-8-9-2-1-5-14-11(9)16(15)10-3-6-13-7-4-10/h1-2,5,10,13H,3-4,6-7H2/t16-/m1/s1. The third kappa shape index (κ3) is 2.29. The highest BCUT2D eigenvalue weighted by atomic mass is 32.2. The van der Waals surface area contributed by atoms with E-state index in [1.54, 1.807) is 18.3 Å². The summed E-state index contributed by atoms with van der Waals surface area (Å²) in [6.07, 6.45) is 3.36. The number of pyridine rings is 1. The van der Waals surface area contributed by atoms with E-state index in [9.17, 15) is 4.21 Å². The number of hydrogen-bond donors (Lipinski definition) is 1. The van der Waals surface area contributed by atoms with E-state index in [2.05, 4.69) is 10.3 Å². The van der Waals surface area contributed by atoms with Crippen LogP contribution in [-0.2, 0) is 10.8 Å². The van der Waals surface area contributed by atoms with Crippen LogP contribution in [0.2, 0.25) is 0 Å². The van der Waals surface area contributed by atoms with Gasteiger partial charge in [-0.3, -0.25) is 4.21 Å². The number of hydrogen-bond acceptors (Lipinski definition) is 4. The lowest BCUT2D eigenvalue weighted by Crippen LogP contribution is -2.33. The molecule has 0 radical (unpaired) electrons. The fourth-order valence-corrected chi connectivity index (χ4v) is 3.28. The molecule has 0 aromatic carbocycles. The predicted octanol–water partition coefficient (Wildman–Crippen LogP) is 0.813. The highest BCUT2D eigenvalue weighted by Crippen LogP contribution is 2.18. The Balaban J connectivity index is 2.23. The van der Waals surface area contributed by atoms with Gasteiger partial charge in [-0.25, -0.2) is 4.98 Å². The molecule has 1 N–H and O–H groups in total. The summed E-state index contributed by atoms with van der Waals surface area (Å²) in [5.74, 6) is 0. The van der Waals surface area contributed by atoms with E-state index in [1.807, 2.05) is 6.07 Å². The van der Waals surface area contributed by atoms with Crippen LogP contribution in [0.3, 0.4) is 0 Å². The van der Waals surface area contributed by atoms with Crippen molar-refractivity contribution in [2.24, 2.45) is 0 Å². The second-order valence-corrected chi connectivity index (χ2v) is 5.36. The van der Waals surface area contributed by atoms with E-state index in [0.717, 1.165) is 25.9 Å². The Morgan fingerprint density at radius 2 is 2.25 bits per heavy atom. The molecule has 0 bridgehead atoms. The average molecular weight is 235 g/mol. The van der Waals surface area contributed by atoms with Crippen molar-refractivity contribution in [2.45, 2.75) is 23.1 Å². The van der Waals surface area contributed by atoms with Gasteiger partial charge >= 0.3 is 0 Å². The number of nitrogens with one attached hydrogen (secondary N) is 1. The van der Waals surface area contributed by atoms with Gasteiger partial charge in [0, 0.05) is 11.4 Å². The minimum atomic E-state index is -1.15. The van der Waals surface area contributed by atoms with Gasteiger partial charge in [0.05, 0.1) is 16.4 Å². The molecule has 1 aromatic heterocycles. The zero-order valence-corrected chi connectivity index (χ0v) is 9.67. The second-order valence-electron chi connectivity index (χ2n) is 3.71. The molecule has 4 nitrogen and oxygen atoms in total. The molecule has 84 valence electrons. The molecule has 1 aliphatic rings. The molecule has 1 fully saturated rings. The van der Waals surface area contributed by atoms with E-state index >= 15 is 0 Å². The number of piperidine rings is 1. The van der Waals surface area contributed by atoms with Crippen LogP contribution in [0, 0.1) is 11.3 Å². The lowest BCUT2D eigenvalue weighted by Gasteiger charge is -2.21. The van der Waals surface area contributed by atoms with E-state index < -0.39 is 10.8 Å². The van der Waals surface area contributed by atoms with Crippen molar-refractivity contribution in [1.29, 1.82) is 5.26 Å². The van der Waals surface area contributed by atoms with Crippen molar-refractivity contribution < 1.29 is 4.21 Å². The maximum absolute atomic E-state index is 12.2. The maximum atomic E-state index is 12.2. The first-order chi connectivity index (χ1) is 7.83. The van der Waals surface area contributed by atoms with Crippen LogP contribution in [0.15, 0.2) is 23.4 Å². The predicted molar refractivity (Wildman–Crippen MR) is 61.3 cm³/mol. The van der Waals surface area contributed by atoms with Gasteiger partial charge in [0.2, 0.25) is 0 Å². The molecule has 0 aliphatic carbocycles. The summed E-state index contributed by atoms with van der Waals surface area (Å²) in [6.45, 7) is 1.79. The maximum Gasteiger partial charge on any atom is 0.145 e. The summed E-state index contributed by atoms with van der Waals surface area (Å²) in [4.78, 5) is 4.08. The molecule has 1 aromatic rings. The Bertz CT molecular complexity index is 435. The SMILES string of the molecule is N#Cc1cccnc1[S@](=O)C1CCNCC1. The lowest BCUT2D eigenvalue weighted by atomic mass is 10.2. The van der Waals surface area contributed by atoms with Crippen molar-refractivity contribution in [1.82, 2.24) is 10.3 Å². The summed E-state index contributed by atoms with van der Waals surface area (Å²) < 4.78 is 12.2. The minimum Gasteiger partial charge on any atom is -0.317 e. The van der Waals surface area contributed by atoms with Crippen molar-refractivity contribution >= 4 is 10.8 Å². The number of aromatic nitrogens is 1. The summed E-state index contributed by atoms with van der Waals surface area (Å²) in [5, 5.41) is 12.7. The molecule has 1 saturated heterocycles. The van der Waals surface area contributed by atoms with Crippen LogP contribution >= 0.6 is 0 Å². The van der Waals surface area contributed by atoms with Gasteiger partial charge in [0.15, 0.2) is 0 Å². The van der Waals surface area contributed by atoms with Crippen LogP contribution in [0.5, 0.6) is 0 Å². The zero-order valence-electron chi connectivity index (χ0n) is 8.85. The van der Waals surface area contributed by atoms with Crippen molar-refractivity contribution in [3.8, 4) is 6.07 Å². The molecule has 16 heavy (non-hydrogen) atoms. The molecule has 0 amide bonds. The van der Waals surface area contributed by atoms with Gasteiger partial charge in [0.25, 0.3) is 0 Å². The minimum absolute atomic E-state index is 0.128. The van der Waals surface area contributed by atoms with Gasteiger partial charge < -0.3 is 5.32 Å². The molecule has 1 atom stereocenters. The van der Waals surface area contributed by atoms with Crippen molar-refractivity contribution in [2.75, 3.05) is 13.1 Å². The monoisotopic (exact) mass is 235 g/mol. The lowest BCUT2D eigenvalue weighted by molar-refractivity contribution is 0.518. The normalized spacial score (nSPS) is 18.9. The van der Waals surface area contributed by atoms with Gasteiger partial charge in [-0.2, -0.15) is 5.26 Å². The molecule has 1 aliphatic heterocycles. The highest BCUT2D eigenvalue weighted by molar-refractivity contribution is 7.85. The first-order valence-corrected chi connectivity index (χ1v) is 6.50. The highest BCUT2D eigenvalue weighted by Gasteiger charge is 2.23. The quantitative estimate of drug-likeness (QED) is 0.824. The third-order valence-corrected chi connectivity index (χ3v) is 4.45. The van der Waals surface area contributed by atoms with Crippen molar-refractivity contribution in [3.05, 3.63) is 23.9 Å². The first-order valence-electron chi connectivity index (χ1n) is 5.29. The Morgan fingerprint density at radius 3 is 2.94 bits per heavy atom. The van der Waals surface area contributed by atoms with Gasteiger partial charge in [-0.05, 0) is 38.1 Å². The second kappa shape index (κ2) is 5.19. The molecular formula is C11H13N3OS. The fraction of sp³-hybridized carbons (Fsp3) is 0.455. The van der Waals surface area contributed by atoms with E-state index in [-0.39, 0.29) is 5.25 Å². The summed E-state index contributed by atoms with van der Waals surface area (Å²) in [7, 11) is -1.15. The van der Waals surface area contributed by atoms with Crippen LogP contribution in [0.4, 0.5) is 0 Å².